The zero-order valence-electron chi connectivity index (χ0n) is 15.4. The predicted octanol–water partition coefficient (Wildman–Crippen LogP) is 4.07. The zero-order chi connectivity index (χ0) is 17.7. The molecule has 0 N–H and O–H groups in total. The number of nitrogens with zero attached hydrogens (tertiary/aromatic N) is 2. The molecule has 3 nitrogen and oxygen atoms in total. The molecule has 3 heterocycles. The number of rotatable bonds is 3. The lowest BCUT2D eigenvalue weighted by molar-refractivity contribution is -0.117. The molecule has 0 saturated carbocycles. The number of ketones is 1. The van der Waals surface area contributed by atoms with E-state index in [1.165, 1.54) is 34.5 Å². The highest BCUT2D eigenvalue weighted by Crippen LogP contribution is 2.52. The summed E-state index contributed by atoms with van der Waals surface area (Å²) >= 11 is 0. The van der Waals surface area contributed by atoms with Gasteiger partial charge in [0, 0.05) is 49.4 Å². The third-order valence-electron chi connectivity index (χ3n) is 6.48. The van der Waals surface area contributed by atoms with Crippen molar-refractivity contribution in [2.45, 2.75) is 44.6 Å². The van der Waals surface area contributed by atoms with Gasteiger partial charge in [-0.25, -0.2) is 0 Å². The molecule has 2 aromatic rings. The summed E-state index contributed by atoms with van der Waals surface area (Å²) in [4.78, 5) is 16.6. The maximum Gasteiger partial charge on any atom is 0.131 e. The summed E-state index contributed by atoms with van der Waals surface area (Å²) < 4.78 is 0. The molecule has 0 aromatic heterocycles. The largest absolute Gasteiger partial charge is 0.337 e. The van der Waals surface area contributed by atoms with E-state index in [9.17, 15) is 4.79 Å². The van der Waals surface area contributed by atoms with E-state index in [2.05, 4.69) is 52.3 Å². The minimum absolute atomic E-state index is 0.297. The van der Waals surface area contributed by atoms with Crippen molar-refractivity contribution in [3.63, 3.8) is 0 Å². The molecule has 1 fully saturated rings. The normalized spacial score (nSPS) is 23.8. The molecule has 0 spiro atoms. The van der Waals surface area contributed by atoms with E-state index < -0.39 is 0 Å². The summed E-state index contributed by atoms with van der Waals surface area (Å²) in [6.45, 7) is 4.78. The summed E-state index contributed by atoms with van der Waals surface area (Å²) in [5.74, 6) is 0.850. The Kier molecular flexibility index (Phi) is 3.86. The van der Waals surface area contributed by atoms with E-state index >= 15 is 0 Å². The quantitative estimate of drug-likeness (QED) is 0.837. The first kappa shape index (κ1) is 16.1. The third kappa shape index (κ3) is 2.49. The predicted molar refractivity (Wildman–Crippen MR) is 105 cm³/mol. The van der Waals surface area contributed by atoms with E-state index in [-0.39, 0.29) is 0 Å². The fraction of sp³-hybridized carbons (Fsp3) is 0.435. The minimum atomic E-state index is 0.297. The van der Waals surface area contributed by atoms with Crippen molar-refractivity contribution in [2.75, 3.05) is 24.5 Å². The lowest BCUT2D eigenvalue weighted by Crippen LogP contribution is -2.45. The van der Waals surface area contributed by atoms with Crippen LogP contribution in [0.2, 0.25) is 0 Å². The number of anilines is 2. The van der Waals surface area contributed by atoms with E-state index in [0.29, 0.717) is 24.2 Å². The molecule has 0 aliphatic carbocycles. The highest BCUT2D eigenvalue weighted by Gasteiger charge is 2.44. The van der Waals surface area contributed by atoms with Gasteiger partial charge in [-0.2, -0.15) is 0 Å². The molecule has 3 aliphatic rings. The molecule has 0 amide bonds. The van der Waals surface area contributed by atoms with Crippen LogP contribution in [0.25, 0.3) is 0 Å². The number of benzene rings is 2. The maximum atomic E-state index is 11.4. The van der Waals surface area contributed by atoms with Crippen molar-refractivity contribution >= 4 is 17.2 Å². The van der Waals surface area contributed by atoms with E-state index in [0.717, 1.165) is 32.5 Å². The summed E-state index contributed by atoms with van der Waals surface area (Å²) in [5, 5.41) is 0. The number of carbonyl (C=O) groups excluding carboxylic acids is 1. The van der Waals surface area contributed by atoms with Gasteiger partial charge in [-0.15, -0.1) is 0 Å². The van der Waals surface area contributed by atoms with Gasteiger partial charge in [0.1, 0.15) is 5.78 Å². The van der Waals surface area contributed by atoms with Crippen LogP contribution in [-0.4, -0.2) is 36.4 Å². The average molecular weight is 346 g/mol. The highest BCUT2D eigenvalue weighted by molar-refractivity contribution is 5.79. The Morgan fingerprint density at radius 2 is 1.88 bits per heavy atom. The SMILES string of the molecule is CC(=O)CCN1CC[C@@H]2[C@@H](C1)c1cccc3c1N2c1ccccc1CC3. The monoisotopic (exact) mass is 346 g/mol. The molecule has 26 heavy (non-hydrogen) atoms. The standard InChI is InChI=1S/C23H26N2O/c1-16(26)11-13-24-14-12-22-20(15-24)19-7-4-6-18-10-9-17-5-2-3-8-21(17)25(22)23(18)19/h2-8,20,22H,9-15H2,1H3/t20-,22+/m0/s1. The van der Waals surface area contributed by atoms with Crippen molar-refractivity contribution in [1.82, 2.24) is 4.90 Å². The lowest BCUT2D eigenvalue weighted by Gasteiger charge is -2.39. The molecule has 5 rings (SSSR count). The molecule has 2 atom stereocenters. The van der Waals surface area contributed by atoms with E-state index in [1.54, 1.807) is 6.92 Å². The van der Waals surface area contributed by atoms with Crippen molar-refractivity contribution in [3.05, 3.63) is 59.2 Å². The number of Topliss-reactive ketones (excluding diaryl/α,β-unsaturated/α-hetero) is 1. The van der Waals surface area contributed by atoms with Crippen LogP contribution in [0.5, 0.6) is 0 Å². The third-order valence-corrected chi connectivity index (χ3v) is 6.48. The van der Waals surface area contributed by atoms with Gasteiger partial charge in [0.2, 0.25) is 0 Å². The summed E-state index contributed by atoms with van der Waals surface area (Å²) in [6.07, 6.45) is 4.11. The van der Waals surface area contributed by atoms with E-state index in [1.807, 2.05) is 0 Å². The second kappa shape index (κ2) is 6.24. The molecule has 0 unspecified atom stereocenters. The summed E-state index contributed by atoms with van der Waals surface area (Å²) in [7, 11) is 0. The van der Waals surface area contributed by atoms with Gasteiger partial charge in [0.05, 0.1) is 0 Å². The molecular weight excluding hydrogens is 320 g/mol. The van der Waals surface area contributed by atoms with E-state index in [4.69, 9.17) is 0 Å². The van der Waals surface area contributed by atoms with Crippen LogP contribution in [0, 0.1) is 0 Å². The Balaban J connectivity index is 1.55. The van der Waals surface area contributed by atoms with Crippen molar-refractivity contribution in [3.8, 4) is 0 Å². The Labute approximate surface area is 155 Å². The molecule has 3 heteroatoms. The van der Waals surface area contributed by atoms with Crippen LogP contribution in [-0.2, 0) is 17.6 Å². The fourth-order valence-corrected chi connectivity index (χ4v) is 5.24. The summed E-state index contributed by atoms with van der Waals surface area (Å²) in [5.41, 5.74) is 7.42. The number of para-hydroxylation sites is 2. The van der Waals surface area contributed by atoms with Gasteiger partial charge in [-0.3, -0.25) is 4.79 Å². The molecule has 0 radical (unpaired) electrons. The van der Waals surface area contributed by atoms with Crippen LogP contribution in [0.3, 0.4) is 0 Å². The molecule has 3 aliphatic heterocycles. The Bertz CT molecular complexity index is 859. The average Bonchev–Trinajstić information content (AvgIpc) is 2.88. The first-order valence-electron chi connectivity index (χ1n) is 9.93. The molecular formula is C23H26N2O. The first-order chi connectivity index (χ1) is 12.7. The van der Waals surface area contributed by atoms with Crippen molar-refractivity contribution < 1.29 is 4.79 Å². The number of aryl methyl sites for hydroxylation is 2. The number of likely N-dealkylation sites (tertiary alicyclic amines) is 1. The Morgan fingerprint density at radius 3 is 2.77 bits per heavy atom. The molecule has 2 aromatic carbocycles. The number of hydrogen-bond acceptors (Lipinski definition) is 3. The summed E-state index contributed by atoms with van der Waals surface area (Å²) in [6, 6.07) is 16.4. The van der Waals surface area contributed by atoms with Gasteiger partial charge in [0.15, 0.2) is 0 Å². The van der Waals surface area contributed by atoms with Crippen LogP contribution in [0.1, 0.15) is 42.4 Å². The number of piperidine rings is 1. The molecule has 1 saturated heterocycles. The van der Waals surface area contributed by atoms with Gasteiger partial charge in [-0.05, 0) is 48.9 Å². The van der Waals surface area contributed by atoms with Gasteiger partial charge < -0.3 is 9.80 Å². The first-order valence-corrected chi connectivity index (χ1v) is 9.93. The number of carbonyl (C=O) groups is 1. The topological polar surface area (TPSA) is 23.6 Å². The Hall–Kier alpha value is -2.13. The fourth-order valence-electron chi connectivity index (χ4n) is 5.24. The van der Waals surface area contributed by atoms with Crippen LogP contribution < -0.4 is 4.90 Å². The second-order valence-electron chi connectivity index (χ2n) is 8.07. The van der Waals surface area contributed by atoms with Gasteiger partial charge in [0.25, 0.3) is 0 Å². The smallest absolute Gasteiger partial charge is 0.131 e. The molecule has 0 bridgehead atoms. The van der Waals surface area contributed by atoms with Crippen molar-refractivity contribution in [2.24, 2.45) is 0 Å². The number of fused-ring (bicyclic) bond motifs is 5. The molecule has 134 valence electrons. The number of hydrogen-bond donors (Lipinski definition) is 0. The van der Waals surface area contributed by atoms with Crippen LogP contribution in [0.15, 0.2) is 42.5 Å². The highest BCUT2D eigenvalue weighted by atomic mass is 16.1. The van der Waals surface area contributed by atoms with Gasteiger partial charge >= 0.3 is 0 Å². The second-order valence-corrected chi connectivity index (χ2v) is 8.07. The van der Waals surface area contributed by atoms with Crippen molar-refractivity contribution in [1.29, 1.82) is 0 Å². The lowest BCUT2D eigenvalue weighted by atomic mass is 9.87. The maximum absolute atomic E-state index is 11.4. The van der Waals surface area contributed by atoms with Crippen LogP contribution in [0.4, 0.5) is 11.4 Å². The Morgan fingerprint density at radius 1 is 1.08 bits per heavy atom. The minimum Gasteiger partial charge on any atom is -0.337 e. The zero-order valence-corrected chi connectivity index (χ0v) is 15.4. The van der Waals surface area contributed by atoms with Crippen LogP contribution >= 0.6 is 0 Å². The van der Waals surface area contributed by atoms with Gasteiger partial charge in [-0.1, -0.05) is 36.4 Å².